The van der Waals surface area contributed by atoms with Crippen LogP contribution in [-0.4, -0.2) is 30.9 Å². The van der Waals surface area contributed by atoms with E-state index in [1.54, 1.807) is 24.3 Å². The zero-order valence-electron chi connectivity index (χ0n) is 17.7. The maximum absolute atomic E-state index is 14.1. The topological polar surface area (TPSA) is 62.7 Å². The molecule has 2 aromatic carbocycles. The second kappa shape index (κ2) is 10.2. The first-order valence-corrected chi connectivity index (χ1v) is 10.8. The van der Waals surface area contributed by atoms with Crippen molar-refractivity contribution in [2.45, 2.75) is 31.7 Å². The molecule has 3 rings (SSSR count). The number of alkyl halides is 3. The van der Waals surface area contributed by atoms with E-state index in [4.69, 9.17) is 28.0 Å². The lowest BCUT2D eigenvalue weighted by molar-refractivity contribution is -0.275. The highest BCUT2D eigenvalue weighted by molar-refractivity contribution is 6.34. The number of hydrogen-bond acceptors (Lipinski definition) is 4. The van der Waals surface area contributed by atoms with Crippen LogP contribution in [0.15, 0.2) is 54.2 Å². The average molecular weight is 500 g/mol. The number of nitrogens with zero attached hydrogens (tertiary/aromatic N) is 1. The summed E-state index contributed by atoms with van der Waals surface area (Å²) in [5, 5.41) is 9.62. The van der Waals surface area contributed by atoms with Gasteiger partial charge < -0.3 is 15.5 Å². The molecule has 2 aromatic rings. The molecule has 0 spiro atoms. The van der Waals surface area contributed by atoms with Crippen molar-refractivity contribution in [2.24, 2.45) is 5.16 Å². The smallest absolute Gasteiger partial charge is 0.374 e. The predicted octanol–water partition coefficient (Wildman–Crippen LogP) is 5.28. The van der Waals surface area contributed by atoms with Crippen molar-refractivity contribution in [3.05, 3.63) is 81.4 Å². The van der Waals surface area contributed by atoms with Gasteiger partial charge in [-0.2, -0.15) is 13.2 Å². The van der Waals surface area contributed by atoms with Crippen molar-refractivity contribution in [1.29, 1.82) is 0 Å². The normalized spacial score (nSPS) is 17.9. The third-order valence-electron chi connectivity index (χ3n) is 5.24. The molecule has 1 atom stereocenters. The fourth-order valence-electron chi connectivity index (χ4n) is 3.48. The number of hydrogen-bond donors (Lipinski definition) is 2. The number of oxime groups is 1. The van der Waals surface area contributed by atoms with Crippen molar-refractivity contribution in [3.8, 4) is 0 Å². The van der Waals surface area contributed by atoms with Crippen molar-refractivity contribution >= 4 is 34.8 Å². The molecule has 2 N–H and O–H groups in total. The van der Waals surface area contributed by atoms with Gasteiger partial charge in [0.15, 0.2) is 0 Å². The first-order valence-electron chi connectivity index (χ1n) is 10.0. The second-order valence-corrected chi connectivity index (χ2v) is 8.50. The van der Waals surface area contributed by atoms with Gasteiger partial charge in [-0.25, -0.2) is 0 Å². The van der Waals surface area contributed by atoms with E-state index in [2.05, 4.69) is 22.4 Å². The Hall–Kier alpha value is -2.55. The van der Waals surface area contributed by atoms with Crippen LogP contribution in [0.1, 0.15) is 28.7 Å². The SMILES string of the molecule is C=CCNC(=O)CNCc1ccc(C2=NOC(c3cc(Cl)cc(Cl)c3)(C(F)(F)F)C2)cc1C. The van der Waals surface area contributed by atoms with Gasteiger partial charge >= 0.3 is 6.18 Å². The Labute approximate surface area is 199 Å². The highest BCUT2D eigenvalue weighted by atomic mass is 35.5. The monoisotopic (exact) mass is 499 g/mol. The minimum absolute atomic E-state index is 0.0732. The summed E-state index contributed by atoms with van der Waals surface area (Å²) in [4.78, 5) is 16.7. The third-order valence-corrected chi connectivity index (χ3v) is 5.67. The van der Waals surface area contributed by atoms with Gasteiger partial charge in [0, 0.05) is 35.1 Å². The Morgan fingerprint density at radius 1 is 1.24 bits per heavy atom. The zero-order chi connectivity index (χ0) is 24.2. The standard InChI is InChI=1S/C23H22Cl2F3N3O2/c1-3-6-30-21(32)13-29-12-16-5-4-15(7-14(16)2)20-11-22(33-31-20,23(26,27)28)17-8-18(24)10-19(25)9-17/h3-5,7-10,29H,1,6,11-13H2,2H3,(H,30,32). The molecule has 33 heavy (non-hydrogen) atoms. The molecule has 0 fully saturated rings. The van der Waals surface area contributed by atoms with Gasteiger partial charge in [0.05, 0.1) is 12.3 Å². The summed E-state index contributed by atoms with van der Waals surface area (Å²) in [6.45, 7) is 6.31. The molecular formula is C23H22Cl2F3N3O2. The van der Waals surface area contributed by atoms with E-state index >= 15 is 0 Å². The average Bonchev–Trinajstić information content (AvgIpc) is 3.20. The Balaban J connectivity index is 1.76. The van der Waals surface area contributed by atoms with Crippen LogP contribution >= 0.6 is 23.2 Å². The molecule has 0 aromatic heterocycles. The molecule has 0 bridgehead atoms. The summed E-state index contributed by atoms with van der Waals surface area (Å²) in [6.07, 6.45) is -3.68. The van der Waals surface area contributed by atoms with Gasteiger partial charge in [0.1, 0.15) is 0 Å². The van der Waals surface area contributed by atoms with E-state index in [1.165, 1.54) is 18.2 Å². The van der Waals surface area contributed by atoms with Crippen LogP contribution in [0.3, 0.4) is 0 Å². The van der Waals surface area contributed by atoms with E-state index in [0.717, 1.165) is 11.1 Å². The molecule has 5 nitrogen and oxygen atoms in total. The van der Waals surface area contributed by atoms with E-state index < -0.39 is 18.2 Å². The van der Waals surface area contributed by atoms with Gasteiger partial charge in [-0.3, -0.25) is 4.79 Å². The summed E-state index contributed by atoms with van der Waals surface area (Å²) in [5.74, 6) is -0.161. The largest absolute Gasteiger partial charge is 0.435 e. The summed E-state index contributed by atoms with van der Waals surface area (Å²) < 4.78 is 42.4. The molecular weight excluding hydrogens is 478 g/mol. The van der Waals surface area contributed by atoms with Crippen LogP contribution in [0.4, 0.5) is 13.2 Å². The lowest BCUT2D eigenvalue weighted by Gasteiger charge is -2.29. The van der Waals surface area contributed by atoms with Crippen molar-refractivity contribution < 1.29 is 22.8 Å². The maximum atomic E-state index is 14.1. The Morgan fingerprint density at radius 2 is 1.94 bits per heavy atom. The summed E-state index contributed by atoms with van der Waals surface area (Å²) in [7, 11) is 0. The van der Waals surface area contributed by atoms with Gasteiger partial charge in [0.2, 0.25) is 5.91 Å². The number of rotatable bonds is 8. The molecule has 1 aliphatic rings. The summed E-state index contributed by atoms with van der Waals surface area (Å²) in [6, 6.07) is 8.93. The molecule has 176 valence electrons. The van der Waals surface area contributed by atoms with Gasteiger partial charge in [-0.05, 0) is 47.9 Å². The predicted molar refractivity (Wildman–Crippen MR) is 123 cm³/mol. The number of halogens is 5. The second-order valence-electron chi connectivity index (χ2n) is 7.63. The molecule has 10 heteroatoms. The van der Waals surface area contributed by atoms with Crippen LogP contribution in [0.25, 0.3) is 0 Å². The highest BCUT2D eigenvalue weighted by Crippen LogP contribution is 2.49. The number of aryl methyl sites for hydroxylation is 1. The van der Waals surface area contributed by atoms with Crippen LogP contribution < -0.4 is 10.6 Å². The molecule has 1 aliphatic heterocycles. The highest BCUT2D eigenvalue weighted by Gasteiger charge is 2.62. The van der Waals surface area contributed by atoms with Crippen LogP contribution in [0.5, 0.6) is 0 Å². The van der Waals surface area contributed by atoms with Gasteiger partial charge in [-0.15, -0.1) is 6.58 Å². The quantitative estimate of drug-likeness (QED) is 0.486. The molecule has 0 aliphatic carbocycles. The minimum Gasteiger partial charge on any atom is -0.374 e. The maximum Gasteiger partial charge on any atom is 0.435 e. The fraction of sp³-hybridized carbons (Fsp3) is 0.304. The van der Waals surface area contributed by atoms with Crippen molar-refractivity contribution in [2.75, 3.05) is 13.1 Å². The first-order chi connectivity index (χ1) is 15.6. The van der Waals surface area contributed by atoms with E-state index in [-0.39, 0.29) is 33.8 Å². The summed E-state index contributed by atoms with van der Waals surface area (Å²) >= 11 is 11.9. The number of carbonyl (C=O) groups is 1. The molecule has 1 amide bonds. The fourth-order valence-corrected chi connectivity index (χ4v) is 4.00. The van der Waals surface area contributed by atoms with E-state index in [1.807, 2.05) is 6.92 Å². The Bertz CT molecular complexity index is 1070. The zero-order valence-corrected chi connectivity index (χ0v) is 19.2. The number of nitrogens with one attached hydrogen (secondary N) is 2. The lowest BCUT2D eigenvalue weighted by Crippen LogP contribution is -2.42. The number of benzene rings is 2. The van der Waals surface area contributed by atoms with E-state index in [9.17, 15) is 18.0 Å². The molecule has 0 saturated heterocycles. The van der Waals surface area contributed by atoms with Gasteiger partial charge in [-0.1, -0.05) is 46.6 Å². The lowest BCUT2D eigenvalue weighted by atomic mass is 9.86. The van der Waals surface area contributed by atoms with Crippen LogP contribution in [0, 0.1) is 6.92 Å². The molecule has 1 unspecified atom stereocenters. The van der Waals surface area contributed by atoms with Crippen molar-refractivity contribution in [3.63, 3.8) is 0 Å². The molecule has 0 radical (unpaired) electrons. The van der Waals surface area contributed by atoms with Crippen molar-refractivity contribution in [1.82, 2.24) is 10.6 Å². The van der Waals surface area contributed by atoms with E-state index in [0.29, 0.717) is 18.7 Å². The van der Waals surface area contributed by atoms with Gasteiger partial charge in [0.25, 0.3) is 5.60 Å². The Kier molecular flexibility index (Phi) is 7.72. The Morgan fingerprint density at radius 3 is 2.55 bits per heavy atom. The van der Waals surface area contributed by atoms with Crippen LogP contribution in [0.2, 0.25) is 10.0 Å². The van der Waals surface area contributed by atoms with Crippen LogP contribution in [-0.2, 0) is 21.8 Å². The number of carbonyl (C=O) groups excluding carboxylic acids is 1. The minimum atomic E-state index is -4.75. The first kappa shape index (κ1) is 25.1. The molecule has 1 heterocycles. The third kappa shape index (κ3) is 5.69. The molecule has 0 saturated carbocycles. The summed E-state index contributed by atoms with van der Waals surface area (Å²) in [5.41, 5.74) is -0.473. The number of amides is 1.